The van der Waals surface area contributed by atoms with Gasteiger partial charge < -0.3 is 14.9 Å². The number of carbonyl (C=O) groups is 1. The summed E-state index contributed by atoms with van der Waals surface area (Å²) >= 11 is 0. The van der Waals surface area contributed by atoms with Gasteiger partial charge in [0, 0.05) is 7.11 Å². The van der Waals surface area contributed by atoms with Gasteiger partial charge in [-0.15, -0.1) is 0 Å². The second-order valence-electron chi connectivity index (χ2n) is 4.64. The summed E-state index contributed by atoms with van der Waals surface area (Å²) < 4.78 is 4.94. The summed E-state index contributed by atoms with van der Waals surface area (Å²) in [6.07, 6.45) is 0. The molecule has 2 N–H and O–H groups in total. The molecule has 0 amide bonds. The molecule has 4 nitrogen and oxygen atoms in total. The summed E-state index contributed by atoms with van der Waals surface area (Å²) in [5.74, 6) is -2.08. The molecule has 0 aliphatic heterocycles. The van der Waals surface area contributed by atoms with Crippen LogP contribution in [0.5, 0.6) is 0 Å². The molecule has 0 bridgehead atoms. The maximum atomic E-state index is 11.2. The van der Waals surface area contributed by atoms with E-state index in [0.717, 1.165) is 0 Å². The molecule has 0 radical (unpaired) electrons. The Labute approximate surface area is 91.3 Å². The van der Waals surface area contributed by atoms with Crippen molar-refractivity contribution in [2.24, 2.45) is 17.8 Å². The third kappa shape index (κ3) is 3.18. The van der Waals surface area contributed by atoms with Crippen molar-refractivity contribution in [1.29, 1.82) is 0 Å². The minimum Gasteiger partial charge on any atom is -0.481 e. The molecule has 0 aromatic carbocycles. The number of aliphatic hydroxyl groups is 1. The van der Waals surface area contributed by atoms with Crippen molar-refractivity contribution in [3.63, 3.8) is 0 Å². The van der Waals surface area contributed by atoms with Gasteiger partial charge in [0.15, 0.2) is 0 Å². The van der Waals surface area contributed by atoms with Crippen LogP contribution in [0.15, 0.2) is 0 Å². The van der Waals surface area contributed by atoms with Crippen molar-refractivity contribution in [1.82, 2.24) is 0 Å². The van der Waals surface area contributed by atoms with Crippen LogP contribution in [-0.2, 0) is 9.53 Å². The number of rotatable bonds is 6. The summed E-state index contributed by atoms with van der Waals surface area (Å²) in [7, 11) is 1.46. The number of carboxylic acids is 1. The Kier molecular flexibility index (Phi) is 5.24. The monoisotopic (exact) mass is 218 g/mol. The number of aliphatic carboxylic acids is 1. The van der Waals surface area contributed by atoms with Crippen molar-refractivity contribution in [2.75, 3.05) is 13.7 Å². The smallest absolute Gasteiger partial charge is 0.309 e. The molecule has 0 fully saturated rings. The zero-order valence-electron chi connectivity index (χ0n) is 10.2. The average Bonchev–Trinajstić information content (AvgIpc) is 2.02. The molecular formula is C11H22O4. The quantitative estimate of drug-likeness (QED) is 0.706. The molecular weight excluding hydrogens is 196 g/mol. The van der Waals surface area contributed by atoms with E-state index in [4.69, 9.17) is 9.84 Å². The summed E-state index contributed by atoms with van der Waals surface area (Å²) in [5.41, 5.74) is -1.31. The van der Waals surface area contributed by atoms with Gasteiger partial charge in [0.25, 0.3) is 0 Å². The fourth-order valence-electron chi connectivity index (χ4n) is 1.92. The molecule has 0 rings (SSSR count). The molecule has 0 aliphatic carbocycles. The highest BCUT2D eigenvalue weighted by Crippen LogP contribution is 2.32. The zero-order valence-corrected chi connectivity index (χ0v) is 10.2. The fraction of sp³-hybridized carbons (Fsp3) is 0.909. The number of carboxylic acid groups (broad SMARTS) is 1. The van der Waals surface area contributed by atoms with Crippen LogP contribution in [0.1, 0.15) is 27.7 Å². The summed E-state index contributed by atoms with van der Waals surface area (Å²) in [6.45, 7) is 7.23. The molecule has 2 unspecified atom stereocenters. The first kappa shape index (κ1) is 14.4. The van der Waals surface area contributed by atoms with E-state index >= 15 is 0 Å². The van der Waals surface area contributed by atoms with E-state index in [1.165, 1.54) is 7.11 Å². The minimum absolute atomic E-state index is 0.0415. The first-order valence-corrected chi connectivity index (χ1v) is 5.21. The van der Waals surface area contributed by atoms with Crippen LogP contribution in [0, 0.1) is 17.8 Å². The highest BCUT2D eigenvalue weighted by molar-refractivity contribution is 5.72. The highest BCUT2D eigenvalue weighted by Gasteiger charge is 2.45. The lowest BCUT2D eigenvalue weighted by atomic mass is 9.73. The van der Waals surface area contributed by atoms with Gasteiger partial charge in [-0.25, -0.2) is 0 Å². The van der Waals surface area contributed by atoms with E-state index in [1.807, 2.05) is 0 Å². The predicted octanol–water partition coefficient (Wildman–Crippen LogP) is 1.38. The van der Waals surface area contributed by atoms with Gasteiger partial charge in [-0.3, -0.25) is 4.79 Å². The molecule has 0 saturated heterocycles. The highest BCUT2D eigenvalue weighted by atomic mass is 16.5. The second-order valence-corrected chi connectivity index (χ2v) is 4.64. The average molecular weight is 218 g/mol. The largest absolute Gasteiger partial charge is 0.481 e. The molecule has 0 aliphatic rings. The van der Waals surface area contributed by atoms with E-state index in [1.54, 1.807) is 27.7 Å². The fourth-order valence-corrected chi connectivity index (χ4v) is 1.92. The van der Waals surface area contributed by atoms with Gasteiger partial charge in [0.05, 0.1) is 12.5 Å². The van der Waals surface area contributed by atoms with E-state index in [9.17, 15) is 9.90 Å². The van der Waals surface area contributed by atoms with E-state index in [2.05, 4.69) is 0 Å². The summed E-state index contributed by atoms with van der Waals surface area (Å²) in [6, 6.07) is 0. The molecule has 15 heavy (non-hydrogen) atoms. The van der Waals surface area contributed by atoms with Crippen LogP contribution in [0.4, 0.5) is 0 Å². The van der Waals surface area contributed by atoms with Gasteiger partial charge in [0.2, 0.25) is 0 Å². The molecule has 0 saturated carbocycles. The van der Waals surface area contributed by atoms with Gasteiger partial charge >= 0.3 is 5.97 Å². The lowest BCUT2D eigenvalue weighted by Crippen LogP contribution is -2.52. The van der Waals surface area contributed by atoms with Gasteiger partial charge in [-0.2, -0.15) is 0 Å². The topological polar surface area (TPSA) is 66.8 Å². The van der Waals surface area contributed by atoms with Crippen LogP contribution < -0.4 is 0 Å². The van der Waals surface area contributed by atoms with Crippen LogP contribution in [-0.4, -0.2) is 35.5 Å². The summed E-state index contributed by atoms with van der Waals surface area (Å²) in [5, 5.41) is 19.5. The maximum absolute atomic E-state index is 11.2. The van der Waals surface area contributed by atoms with Crippen molar-refractivity contribution >= 4 is 5.97 Å². The third-order valence-electron chi connectivity index (χ3n) is 2.85. The molecule has 2 atom stereocenters. The number of hydrogen-bond acceptors (Lipinski definition) is 3. The first-order chi connectivity index (χ1) is 6.77. The SMILES string of the molecule is COCC(O)(C(C)C)C(C(=O)O)C(C)C. The Morgan fingerprint density at radius 2 is 1.80 bits per heavy atom. The van der Waals surface area contributed by atoms with Crippen LogP contribution >= 0.6 is 0 Å². The second kappa shape index (κ2) is 5.47. The molecule has 0 aromatic rings. The van der Waals surface area contributed by atoms with Gasteiger partial charge in [-0.05, 0) is 11.8 Å². The van der Waals surface area contributed by atoms with Crippen LogP contribution in [0.3, 0.4) is 0 Å². The van der Waals surface area contributed by atoms with Gasteiger partial charge in [0.1, 0.15) is 5.60 Å². The van der Waals surface area contributed by atoms with Crippen molar-refractivity contribution < 1.29 is 19.7 Å². The predicted molar refractivity (Wildman–Crippen MR) is 57.6 cm³/mol. The molecule has 4 heteroatoms. The van der Waals surface area contributed by atoms with E-state index in [-0.39, 0.29) is 18.4 Å². The standard InChI is InChI=1S/C11H22O4/c1-7(2)9(10(12)13)11(14,6-15-5)8(3)4/h7-9,14H,6H2,1-5H3,(H,12,13). The number of ether oxygens (including phenoxy) is 1. The van der Waals surface area contributed by atoms with Gasteiger partial charge in [-0.1, -0.05) is 27.7 Å². The van der Waals surface area contributed by atoms with Crippen molar-refractivity contribution in [3.05, 3.63) is 0 Å². The van der Waals surface area contributed by atoms with E-state index in [0.29, 0.717) is 0 Å². The van der Waals surface area contributed by atoms with Crippen molar-refractivity contribution in [3.8, 4) is 0 Å². The van der Waals surface area contributed by atoms with Crippen molar-refractivity contribution in [2.45, 2.75) is 33.3 Å². The Bertz CT molecular complexity index is 213. The Balaban J connectivity index is 5.08. The molecule has 0 aromatic heterocycles. The number of hydrogen-bond donors (Lipinski definition) is 2. The maximum Gasteiger partial charge on any atom is 0.309 e. The first-order valence-electron chi connectivity index (χ1n) is 5.21. The Morgan fingerprint density at radius 1 is 1.33 bits per heavy atom. The molecule has 90 valence electrons. The third-order valence-corrected chi connectivity index (χ3v) is 2.85. The summed E-state index contributed by atoms with van der Waals surface area (Å²) in [4.78, 5) is 11.2. The van der Waals surface area contributed by atoms with E-state index < -0.39 is 17.5 Å². The lowest BCUT2D eigenvalue weighted by molar-refractivity contribution is -0.168. The molecule has 0 heterocycles. The minimum atomic E-state index is -1.31. The molecule has 0 spiro atoms. The Hall–Kier alpha value is -0.610. The van der Waals surface area contributed by atoms with Crippen LogP contribution in [0.25, 0.3) is 0 Å². The van der Waals surface area contributed by atoms with Crippen LogP contribution in [0.2, 0.25) is 0 Å². The zero-order chi connectivity index (χ0) is 12.2. The normalized spacial score (nSPS) is 17.9. The number of methoxy groups -OCH3 is 1. The lowest BCUT2D eigenvalue weighted by Gasteiger charge is -2.38. The Morgan fingerprint density at radius 3 is 2.00 bits per heavy atom.